The quantitative estimate of drug-likeness (QED) is 0.752. The third-order valence-corrected chi connectivity index (χ3v) is 4.62. The Morgan fingerprint density at radius 1 is 1.29 bits per heavy atom. The molecule has 2 N–H and O–H groups in total. The van der Waals surface area contributed by atoms with Gasteiger partial charge < -0.3 is 25.1 Å². The van der Waals surface area contributed by atoms with Crippen molar-refractivity contribution in [2.24, 2.45) is 5.92 Å². The van der Waals surface area contributed by atoms with Gasteiger partial charge in [-0.15, -0.1) is 0 Å². The molecule has 0 aromatic heterocycles. The van der Waals surface area contributed by atoms with Crippen molar-refractivity contribution in [1.82, 2.24) is 20.0 Å². The van der Waals surface area contributed by atoms with Crippen LogP contribution < -0.4 is 5.32 Å². The van der Waals surface area contributed by atoms with Crippen LogP contribution in [0.3, 0.4) is 0 Å². The lowest BCUT2D eigenvalue weighted by Crippen LogP contribution is -2.48. The second kappa shape index (κ2) is 7.96. The highest BCUT2D eigenvalue weighted by Crippen LogP contribution is 2.16. The Morgan fingerprint density at radius 2 is 2.00 bits per heavy atom. The summed E-state index contributed by atoms with van der Waals surface area (Å²) in [5.41, 5.74) is 0. The molecule has 0 aromatic rings. The maximum atomic E-state index is 12.1. The second-order valence-corrected chi connectivity index (χ2v) is 6.57. The van der Waals surface area contributed by atoms with E-state index in [4.69, 9.17) is 0 Å². The van der Waals surface area contributed by atoms with Crippen LogP contribution in [0.25, 0.3) is 0 Å². The zero-order chi connectivity index (χ0) is 15.2. The van der Waals surface area contributed by atoms with Crippen molar-refractivity contribution in [3.63, 3.8) is 0 Å². The van der Waals surface area contributed by atoms with E-state index in [1.165, 1.54) is 0 Å². The molecule has 0 aliphatic carbocycles. The number of aliphatic hydroxyl groups excluding tert-OH is 1. The predicted molar refractivity (Wildman–Crippen MR) is 83.3 cm³/mol. The van der Waals surface area contributed by atoms with E-state index in [0.29, 0.717) is 12.5 Å². The van der Waals surface area contributed by atoms with Crippen molar-refractivity contribution in [3.05, 3.63) is 0 Å². The van der Waals surface area contributed by atoms with E-state index < -0.39 is 0 Å². The molecule has 21 heavy (non-hydrogen) atoms. The number of nitrogens with one attached hydrogen (secondary N) is 1. The van der Waals surface area contributed by atoms with E-state index in [0.717, 1.165) is 52.1 Å². The van der Waals surface area contributed by atoms with Gasteiger partial charge in [0.2, 0.25) is 0 Å². The Balaban J connectivity index is 1.66. The van der Waals surface area contributed by atoms with Crippen LogP contribution in [0.2, 0.25) is 0 Å². The van der Waals surface area contributed by atoms with E-state index >= 15 is 0 Å². The number of rotatable bonds is 5. The van der Waals surface area contributed by atoms with Crippen molar-refractivity contribution in [2.75, 3.05) is 59.5 Å². The zero-order valence-electron chi connectivity index (χ0n) is 13.4. The molecule has 0 saturated carbocycles. The summed E-state index contributed by atoms with van der Waals surface area (Å²) in [6.45, 7) is 9.27. The molecule has 2 heterocycles. The first-order chi connectivity index (χ1) is 10.1. The molecule has 122 valence electrons. The van der Waals surface area contributed by atoms with Gasteiger partial charge in [0.05, 0.1) is 12.6 Å². The molecule has 2 amide bonds. The summed E-state index contributed by atoms with van der Waals surface area (Å²) in [6, 6.07) is -0.00489. The fourth-order valence-corrected chi connectivity index (χ4v) is 3.19. The largest absolute Gasteiger partial charge is 0.394 e. The highest BCUT2D eigenvalue weighted by atomic mass is 16.3. The smallest absolute Gasteiger partial charge is 0.317 e. The number of hydrogen-bond acceptors (Lipinski definition) is 4. The van der Waals surface area contributed by atoms with Gasteiger partial charge in [0, 0.05) is 45.8 Å². The van der Waals surface area contributed by atoms with Crippen molar-refractivity contribution >= 4 is 6.03 Å². The van der Waals surface area contributed by atoms with Gasteiger partial charge in [-0.2, -0.15) is 0 Å². The van der Waals surface area contributed by atoms with Crippen LogP contribution in [-0.2, 0) is 0 Å². The molecular weight excluding hydrogens is 268 g/mol. The molecule has 0 aromatic carbocycles. The van der Waals surface area contributed by atoms with Crippen LogP contribution in [-0.4, -0.2) is 91.3 Å². The third kappa shape index (κ3) is 4.83. The maximum Gasteiger partial charge on any atom is 0.317 e. The highest BCUT2D eigenvalue weighted by molar-refractivity contribution is 5.74. The number of hydrogen-bond donors (Lipinski definition) is 2. The topological polar surface area (TPSA) is 59.1 Å². The summed E-state index contributed by atoms with van der Waals surface area (Å²) in [5.74, 6) is 0.451. The number of likely N-dealkylation sites (tertiary alicyclic amines) is 1. The van der Waals surface area contributed by atoms with E-state index in [1.54, 1.807) is 4.90 Å². The zero-order valence-corrected chi connectivity index (χ0v) is 13.4. The molecule has 1 unspecified atom stereocenters. The molecular formula is C15H30N4O2. The predicted octanol–water partition coefficient (Wildman–Crippen LogP) is 0.0362. The van der Waals surface area contributed by atoms with Crippen LogP contribution >= 0.6 is 0 Å². The average molecular weight is 298 g/mol. The summed E-state index contributed by atoms with van der Waals surface area (Å²) < 4.78 is 0. The lowest BCUT2D eigenvalue weighted by Gasteiger charge is -2.34. The fraction of sp³-hybridized carbons (Fsp3) is 0.933. The molecule has 2 atom stereocenters. The van der Waals surface area contributed by atoms with Crippen LogP contribution in [0.1, 0.15) is 19.8 Å². The Hall–Kier alpha value is -0.850. The summed E-state index contributed by atoms with van der Waals surface area (Å²) in [5, 5.41) is 12.3. The van der Waals surface area contributed by atoms with E-state index in [1.807, 2.05) is 0 Å². The summed E-state index contributed by atoms with van der Waals surface area (Å²) in [7, 11) is 2.16. The van der Waals surface area contributed by atoms with Gasteiger partial charge in [0.25, 0.3) is 0 Å². The van der Waals surface area contributed by atoms with Crippen LogP contribution in [0.4, 0.5) is 4.79 Å². The summed E-state index contributed by atoms with van der Waals surface area (Å²) >= 11 is 0. The third-order valence-electron chi connectivity index (χ3n) is 4.62. The second-order valence-electron chi connectivity index (χ2n) is 6.57. The number of aliphatic hydroxyl groups is 1. The number of piperazine rings is 1. The number of urea groups is 1. The first-order valence-electron chi connectivity index (χ1n) is 8.16. The average Bonchev–Trinajstić information content (AvgIpc) is 2.96. The molecule has 2 aliphatic rings. The fourth-order valence-electron chi connectivity index (χ4n) is 3.19. The number of amides is 2. The van der Waals surface area contributed by atoms with Gasteiger partial charge in [0.15, 0.2) is 0 Å². The van der Waals surface area contributed by atoms with Crippen LogP contribution in [0.5, 0.6) is 0 Å². The number of nitrogens with zero attached hydrogens (tertiary/aromatic N) is 3. The monoisotopic (exact) mass is 298 g/mol. The lowest BCUT2D eigenvalue weighted by atomic mass is 10.1. The minimum absolute atomic E-state index is 0.0120. The summed E-state index contributed by atoms with van der Waals surface area (Å²) in [6.07, 6.45) is 1.91. The lowest BCUT2D eigenvalue weighted by molar-refractivity contribution is 0.135. The molecule has 2 aliphatic heterocycles. The van der Waals surface area contributed by atoms with Gasteiger partial charge in [-0.25, -0.2) is 4.79 Å². The number of likely N-dealkylation sites (N-methyl/N-ethyl adjacent to an activating group) is 1. The first-order valence-corrected chi connectivity index (χ1v) is 8.16. The molecule has 2 rings (SSSR count). The van der Waals surface area contributed by atoms with Crippen LogP contribution in [0, 0.1) is 5.92 Å². The number of carbonyl (C=O) groups excluding carboxylic acids is 1. The van der Waals surface area contributed by atoms with Crippen molar-refractivity contribution in [1.29, 1.82) is 0 Å². The van der Waals surface area contributed by atoms with Gasteiger partial charge in [-0.3, -0.25) is 0 Å². The molecule has 0 spiro atoms. The van der Waals surface area contributed by atoms with E-state index in [9.17, 15) is 9.90 Å². The molecule has 0 radical (unpaired) electrons. The van der Waals surface area contributed by atoms with Gasteiger partial charge in [0.1, 0.15) is 0 Å². The maximum absolute atomic E-state index is 12.1. The standard InChI is InChI=1S/C15H30N4O2/c1-13(11-18-8-6-17(2)7-9-18)10-16-15(21)19-5-3-4-14(19)12-20/h13-14,20H,3-12H2,1-2H3,(H,16,21)/t13?,14-/m0/s1. The van der Waals surface area contributed by atoms with Gasteiger partial charge >= 0.3 is 6.03 Å². The SMILES string of the molecule is CC(CNC(=O)N1CCC[C@H]1CO)CN1CCN(C)CC1. The minimum Gasteiger partial charge on any atom is -0.394 e. The van der Waals surface area contributed by atoms with Crippen molar-refractivity contribution in [2.45, 2.75) is 25.8 Å². The van der Waals surface area contributed by atoms with Crippen molar-refractivity contribution < 1.29 is 9.90 Å². The van der Waals surface area contributed by atoms with E-state index in [2.05, 4.69) is 29.1 Å². The van der Waals surface area contributed by atoms with Crippen LogP contribution in [0.15, 0.2) is 0 Å². The van der Waals surface area contributed by atoms with E-state index in [-0.39, 0.29) is 18.7 Å². The Labute approximate surface area is 128 Å². The highest BCUT2D eigenvalue weighted by Gasteiger charge is 2.28. The molecule has 6 nitrogen and oxygen atoms in total. The van der Waals surface area contributed by atoms with Crippen molar-refractivity contribution in [3.8, 4) is 0 Å². The Morgan fingerprint density at radius 3 is 2.67 bits per heavy atom. The Kier molecular flexibility index (Phi) is 6.26. The Bertz CT molecular complexity index is 332. The first kappa shape index (κ1) is 16.5. The number of carbonyl (C=O) groups is 1. The summed E-state index contributed by atoms with van der Waals surface area (Å²) in [4.78, 5) is 18.7. The van der Waals surface area contributed by atoms with Gasteiger partial charge in [-0.1, -0.05) is 6.92 Å². The molecule has 2 fully saturated rings. The molecule has 6 heteroatoms. The molecule has 2 saturated heterocycles. The molecule has 0 bridgehead atoms. The van der Waals surface area contributed by atoms with Gasteiger partial charge in [-0.05, 0) is 25.8 Å². The normalized spacial score (nSPS) is 26.0. The minimum atomic E-state index is -0.0169.